The van der Waals surface area contributed by atoms with E-state index in [-0.39, 0.29) is 23.1 Å². The molecule has 2 N–H and O–H groups in total. The molecule has 3 aliphatic carbocycles. The summed E-state index contributed by atoms with van der Waals surface area (Å²) in [7, 11) is 0. The van der Waals surface area contributed by atoms with E-state index < -0.39 is 0 Å². The van der Waals surface area contributed by atoms with Gasteiger partial charge in [-0.1, -0.05) is 13.0 Å². The number of carbonyl (C=O) groups is 1. The number of benzene rings is 1. The van der Waals surface area contributed by atoms with Crippen LogP contribution in [-0.2, 0) is 16.0 Å². The highest BCUT2D eigenvalue weighted by Crippen LogP contribution is 2.60. The van der Waals surface area contributed by atoms with E-state index in [1.807, 2.05) is 32.9 Å². The van der Waals surface area contributed by atoms with Crippen molar-refractivity contribution in [3.63, 3.8) is 0 Å². The van der Waals surface area contributed by atoms with Crippen molar-refractivity contribution in [2.45, 2.75) is 90.8 Å². The lowest BCUT2D eigenvalue weighted by molar-refractivity contribution is -0.151. The molecule has 0 saturated heterocycles. The Labute approximate surface area is 169 Å². The first-order valence-corrected chi connectivity index (χ1v) is 10.7. The highest BCUT2D eigenvalue weighted by Gasteiger charge is 2.54. The summed E-state index contributed by atoms with van der Waals surface area (Å²) in [4.78, 5) is 10.2. The number of phenolic OH excluding ortho intramolecular Hbond substituents is 1. The van der Waals surface area contributed by atoms with Gasteiger partial charge >= 0.3 is 5.97 Å². The first-order chi connectivity index (χ1) is 13.0. The van der Waals surface area contributed by atoms with Gasteiger partial charge in [0.15, 0.2) is 0 Å². The Hall–Kier alpha value is -1.55. The number of aromatic hydroxyl groups is 1. The minimum Gasteiger partial charge on any atom is -0.508 e. The summed E-state index contributed by atoms with van der Waals surface area (Å²) < 4.78 is 4.80. The normalized spacial score (nSPS) is 33.6. The van der Waals surface area contributed by atoms with Crippen LogP contribution in [0.2, 0.25) is 0 Å². The van der Waals surface area contributed by atoms with Gasteiger partial charge in [-0.2, -0.15) is 0 Å². The third-order valence-electron chi connectivity index (χ3n) is 7.11. The monoisotopic (exact) mass is 388 g/mol. The molecule has 0 bridgehead atoms. The third-order valence-corrected chi connectivity index (χ3v) is 7.11. The molecule has 2 fully saturated rings. The number of ether oxygens (including phenoxy) is 1. The average Bonchev–Trinajstić information content (AvgIpc) is 2.88. The lowest BCUT2D eigenvalue weighted by Gasteiger charge is -2.50. The number of aliphatic hydroxyl groups is 1. The summed E-state index contributed by atoms with van der Waals surface area (Å²) in [6, 6.07) is 5.96. The quantitative estimate of drug-likeness (QED) is 0.617. The van der Waals surface area contributed by atoms with Crippen molar-refractivity contribution in [1.29, 1.82) is 0 Å². The molecular formula is C24H36O4. The fourth-order valence-electron chi connectivity index (χ4n) is 5.97. The van der Waals surface area contributed by atoms with Gasteiger partial charge in [0.05, 0.1) is 6.10 Å². The number of hydrogen-bond donors (Lipinski definition) is 2. The molecule has 5 atom stereocenters. The van der Waals surface area contributed by atoms with Gasteiger partial charge in [-0.05, 0) is 106 Å². The van der Waals surface area contributed by atoms with Crippen molar-refractivity contribution >= 4 is 5.97 Å². The molecule has 0 spiro atoms. The molecule has 0 aromatic heterocycles. The third kappa shape index (κ3) is 4.22. The van der Waals surface area contributed by atoms with Crippen molar-refractivity contribution < 1.29 is 19.7 Å². The van der Waals surface area contributed by atoms with E-state index >= 15 is 0 Å². The standard InChI is InChI=1S/C18H24O2.C6H12O2/c1-18-9-8-14-13-5-3-12(19)10-11(13)2-4-15(14)16(18)6-7-17(18)20;1-5(7)8-6(2,3)4/h3,5,10,14-17,19-20H,2,4,6-9H2,1H3;1-4H3/t14-,15-,16+,17+,18+;/m1./s1. The van der Waals surface area contributed by atoms with Gasteiger partial charge < -0.3 is 14.9 Å². The topological polar surface area (TPSA) is 66.8 Å². The van der Waals surface area contributed by atoms with Crippen LogP contribution in [0.25, 0.3) is 0 Å². The highest BCUT2D eigenvalue weighted by molar-refractivity contribution is 5.66. The minimum atomic E-state index is -0.328. The molecule has 2 saturated carbocycles. The fraction of sp³-hybridized carbons (Fsp3) is 0.708. The average molecular weight is 389 g/mol. The maximum atomic E-state index is 10.4. The van der Waals surface area contributed by atoms with Crippen molar-refractivity contribution in [2.75, 3.05) is 0 Å². The van der Waals surface area contributed by atoms with E-state index in [0.717, 1.165) is 25.2 Å². The Kier molecular flexibility index (Phi) is 5.82. The molecule has 1 aromatic carbocycles. The van der Waals surface area contributed by atoms with Gasteiger partial charge in [0.1, 0.15) is 11.4 Å². The fourth-order valence-corrected chi connectivity index (χ4v) is 5.97. The summed E-state index contributed by atoms with van der Waals surface area (Å²) in [6.45, 7) is 9.25. The summed E-state index contributed by atoms with van der Waals surface area (Å²) in [6.07, 6.45) is 6.78. The molecule has 0 amide bonds. The molecule has 3 aliphatic rings. The van der Waals surface area contributed by atoms with Crippen LogP contribution in [0.5, 0.6) is 5.75 Å². The van der Waals surface area contributed by atoms with Crippen molar-refractivity contribution in [3.8, 4) is 5.75 Å². The van der Waals surface area contributed by atoms with E-state index in [0.29, 0.717) is 17.6 Å². The molecule has 156 valence electrons. The second kappa shape index (κ2) is 7.70. The molecule has 0 radical (unpaired) electrons. The van der Waals surface area contributed by atoms with Crippen LogP contribution in [0.1, 0.15) is 83.8 Å². The first-order valence-electron chi connectivity index (χ1n) is 10.7. The second-order valence-electron chi connectivity index (χ2n) is 10.1. The molecule has 4 rings (SSSR count). The number of phenols is 1. The summed E-state index contributed by atoms with van der Waals surface area (Å²) in [5, 5.41) is 20.0. The summed E-state index contributed by atoms with van der Waals surface area (Å²) >= 11 is 0. The highest BCUT2D eigenvalue weighted by atomic mass is 16.6. The van der Waals surface area contributed by atoms with Crippen LogP contribution < -0.4 is 0 Å². The Morgan fingerprint density at radius 2 is 1.89 bits per heavy atom. The van der Waals surface area contributed by atoms with Crippen LogP contribution in [-0.4, -0.2) is 27.9 Å². The van der Waals surface area contributed by atoms with Crippen molar-refractivity contribution in [3.05, 3.63) is 29.3 Å². The van der Waals surface area contributed by atoms with Crippen LogP contribution in [0.15, 0.2) is 18.2 Å². The predicted octanol–water partition coefficient (Wildman–Crippen LogP) is 4.96. The van der Waals surface area contributed by atoms with Gasteiger partial charge in [0, 0.05) is 6.92 Å². The molecule has 0 unspecified atom stereocenters. The largest absolute Gasteiger partial charge is 0.508 e. The van der Waals surface area contributed by atoms with E-state index in [4.69, 9.17) is 4.74 Å². The molecular weight excluding hydrogens is 352 g/mol. The van der Waals surface area contributed by atoms with Gasteiger partial charge in [0.25, 0.3) is 0 Å². The molecule has 4 nitrogen and oxygen atoms in total. The number of aliphatic hydroxyl groups excluding tert-OH is 1. The van der Waals surface area contributed by atoms with Crippen molar-refractivity contribution in [1.82, 2.24) is 0 Å². The number of esters is 1. The Bertz CT molecular complexity index is 720. The van der Waals surface area contributed by atoms with Gasteiger partial charge in [-0.25, -0.2) is 0 Å². The smallest absolute Gasteiger partial charge is 0.303 e. The maximum Gasteiger partial charge on any atom is 0.303 e. The van der Waals surface area contributed by atoms with Crippen LogP contribution in [0.4, 0.5) is 0 Å². The van der Waals surface area contributed by atoms with E-state index in [9.17, 15) is 15.0 Å². The second-order valence-corrected chi connectivity index (χ2v) is 10.1. The minimum absolute atomic E-state index is 0.0883. The van der Waals surface area contributed by atoms with Crippen molar-refractivity contribution in [2.24, 2.45) is 17.3 Å². The van der Waals surface area contributed by atoms with E-state index in [1.54, 1.807) is 0 Å². The SMILES string of the molecule is CC(=O)OC(C)(C)C.C[C@]12CC[C@@H]3c4ccc(O)cc4CC[C@H]3[C@@H]1CC[C@@H]2O. The molecule has 1 aromatic rings. The predicted molar refractivity (Wildman–Crippen MR) is 110 cm³/mol. The number of carbonyl (C=O) groups excluding carboxylic acids is 1. The number of fused-ring (bicyclic) bond motifs is 5. The number of rotatable bonds is 0. The molecule has 0 heterocycles. The molecule has 0 aliphatic heterocycles. The zero-order chi connectivity index (χ0) is 20.7. The number of hydrogen-bond acceptors (Lipinski definition) is 4. The Morgan fingerprint density at radius 3 is 2.50 bits per heavy atom. The molecule has 28 heavy (non-hydrogen) atoms. The summed E-state index contributed by atoms with van der Waals surface area (Å²) in [5.41, 5.74) is 2.66. The van der Waals surface area contributed by atoms with Gasteiger partial charge in [-0.3, -0.25) is 4.79 Å². The zero-order valence-electron chi connectivity index (χ0n) is 18.0. The van der Waals surface area contributed by atoms with Gasteiger partial charge in [0.2, 0.25) is 0 Å². The summed E-state index contributed by atoms with van der Waals surface area (Å²) in [5.74, 6) is 2.26. The van der Waals surface area contributed by atoms with Crippen LogP contribution in [0.3, 0.4) is 0 Å². The Balaban J connectivity index is 0.000000242. The molecule has 4 heteroatoms. The zero-order valence-corrected chi connectivity index (χ0v) is 18.0. The lowest BCUT2D eigenvalue weighted by atomic mass is 9.55. The maximum absolute atomic E-state index is 10.4. The van der Waals surface area contributed by atoms with E-state index in [1.165, 1.54) is 37.3 Å². The van der Waals surface area contributed by atoms with Crippen LogP contribution >= 0.6 is 0 Å². The number of aryl methyl sites for hydroxylation is 1. The first kappa shape index (κ1) is 21.2. The Morgan fingerprint density at radius 1 is 1.18 bits per heavy atom. The lowest BCUT2D eigenvalue weighted by Crippen LogP contribution is -2.43. The van der Waals surface area contributed by atoms with Crippen LogP contribution in [0, 0.1) is 17.3 Å². The van der Waals surface area contributed by atoms with Gasteiger partial charge in [-0.15, -0.1) is 0 Å². The van der Waals surface area contributed by atoms with E-state index in [2.05, 4.69) is 13.0 Å².